The summed E-state index contributed by atoms with van der Waals surface area (Å²) in [6, 6.07) is 0. The third kappa shape index (κ3) is 19.7. The van der Waals surface area contributed by atoms with Crippen LogP contribution in [0.3, 0.4) is 0 Å². The average molecular weight is 311 g/mol. The zero-order valence-electron chi connectivity index (χ0n) is 15.3. The molecule has 0 rings (SSSR count). The van der Waals surface area contributed by atoms with Gasteiger partial charge in [0, 0.05) is 6.54 Å². The van der Waals surface area contributed by atoms with Crippen LogP contribution in [-0.4, -0.2) is 6.54 Å². The first-order valence-corrected chi connectivity index (χ1v) is 10.00. The van der Waals surface area contributed by atoms with Gasteiger partial charge in [-0.1, -0.05) is 89.7 Å². The van der Waals surface area contributed by atoms with Gasteiger partial charge in [-0.25, -0.2) is 0 Å². The molecule has 0 radical (unpaired) electrons. The van der Waals surface area contributed by atoms with Crippen molar-refractivity contribution in [3.05, 3.63) is 12.2 Å². The Kier molecular flexibility index (Phi) is 20.3. The quantitative estimate of drug-likeness (QED) is 0.135. The van der Waals surface area contributed by atoms with Gasteiger partial charge in [-0.2, -0.15) is 0 Å². The molecule has 0 aromatic carbocycles. The van der Waals surface area contributed by atoms with E-state index in [2.05, 4.69) is 24.5 Å². The van der Waals surface area contributed by atoms with Crippen molar-refractivity contribution < 1.29 is 0 Å². The Morgan fingerprint density at radius 1 is 0.591 bits per heavy atom. The number of allylic oxidation sites excluding steroid dienone is 2. The molecule has 0 aliphatic rings. The molecule has 0 bridgehead atoms. The van der Waals surface area contributed by atoms with Crippen molar-refractivity contribution in [1.29, 1.82) is 0 Å². The number of nitrogens with one attached hydrogen (secondary N) is 1. The van der Waals surface area contributed by atoms with Crippen molar-refractivity contribution in [3.63, 3.8) is 0 Å². The number of hydrazine groups is 1. The van der Waals surface area contributed by atoms with Gasteiger partial charge < -0.3 is 0 Å². The number of hydrogen-bond donors (Lipinski definition) is 2. The van der Waals surface area contributed by atoms with E-state index in [1.807, 2.05) is 0 Å². The molecule has 0 saturated heterocycles. The fraction of sp³-hybridized carbons (Fsp3) is 0.900. The first-order valence-electron chi connectivity index (χ1n) is 10.00. The average Bonchev–Trinajstić information content (AvgIpc) is 2.54. The van der Waals surface area contributed by atoms with E-state index in [0.717, 1.165) is 6.54 Å². The van der Waals surface area contributed by atoms with E-state index in [4.69, 9.17) is 5.84 Å². The van der Waals surface area contributed by atoms with Crippen molar-refractivity contribution in [3.8, 4) is 0 Å². The standard InChI is InChI=1S/C20H42N2/c1-2-3-4-5-6-7-8-9-10-11-12-13-14-15-16-17-18-19-20-22-21/h11-12,22H,2-10,13-21H2,1H3. The second-order valence-corrected chi connectivity index (χ2v) is 6.60. The van der Waals surface area contributed by atoms with E-state index in [-0.39, 0.29) is 0 Å². The number of nitrogens with two attached hydrogens (primary N) is 1. The predicted octanol–water partition coefficient (Wildman–Crippen LogP) is 6.27. The molecule has 0 spiro atoms. The van der Waals surface area contributed by atoms with E-state index in [1.54, 1.807) is 0 Å². The SMILES string of the molecule is CCCCCCCCCCC=CCCCCCCCCNN. The molecule has 3 N–H and O–H groups in total. The van der Waals surface area contributed by atoms with Crippen LogP contribution in [0.2, 0.25) is 0 Å². The number of rotatable bonds is 18. The van der Waals surface area contributed by atoms with E-state index in [9.17, 15) is 0 Å². The van der Waals surface area contributed by atoms with Crippen molar-refractivity contribution in [1.82, 2.24) is 5.43 Å². The molecule has 0 atom stereocenters. The van der Waals surface area contributed by atoms with Crippen LogP contribution in [0, 0.1) is 0 Å². The Morgan fingerprint density at radius 3 is 1.45 bits per heavy atom. The highest BCUT2D eigenvalue weighted by Gasteiger charge is 1.91. The van der Waals surface area contributed by atoms with Gasteiger partial charge in [-0.3, -0.25) is 11.3 Å². The summed E-state index contributed by atoms with van der Waals surface area (Å²) in [4.78, 5) is 0. The molecule has 2 heteroatoms. The lowest BCUT2D eigenvalue weighted by molar-refractivity contribution is 0.573. The highest BCUT2D eigenvalue weighted by Crippen LogP contribution is 2.10. The summed E-state index contributed by atoms with van der Waals surface area (Å²) in [5.41, 5.74) is 2.71. The lowest BCUT2D eigenvalue weighted by atomic mass is 10.1. The van der Waals surface area contributed by atoms with Crippen LogP contribution in [0.25, 0.3) is 0 Å². The highest BCUT2D eigenvalue weighted by atomic mass is 15.2. The Morgan fingerprint density at radius 2 is 1.00 bits per heavy atom. The minimum atomic E-state index is 0.960. The maximum Gasteiger partial charge on any atom is 0.00974 e. The van der Waals surface area contributed by atoms with E-state index < -0.39 is 0 Å². The molecule has 132 valence electrons. The summed E-state index contributed by atoms with van der Waals surface area (Å²) in [6.07, 6.45) is 26.8. The van der Waals surface area contributed by atoms with Crippen LogP contribution < -0.4 is 11.3 Å². The van der Waals surface area contributed by atoms with Gasteiger partial charge in [-0.05, 0) is 32.1 Å². The maximum atomic E-state index is 5.24. The summed E-state index contributed by atoms with van der Waals surface area (Å²) in [6.45, 7) is 3.25. The molecule has 0 amide bonds. The molecule has 0 aliphatic heterocycles. The molecule has 2 nitrogen and oxygen atoms in total. The van der Waals surface area contributed by atoms with Gasteiger partial charge in [0.05, 0.1) is 0 Å². The lowest BCUT2D eigenvalue weighted by Crippen LogP contribution is -2.22. The van der Waals surface area contributed by atoms with Crippen LogP contribution in [-0.2, 0) is 0 Å². The van der Waals surface area contributed by atoms with Crippen LogP contribution in [0.5, 0.6) is 0 Å². The third-order valence-electron chi connectivity index (χ3n) is 4.33. The van der Waals surface area contributed by atoms with Crippen molar-refractivity contribution in [2.24, 2.45) is 5.84 Å². The second kappa shape index (κ2) is 20.7. The zero-order valence-corrected chi connectivity index (χ0v) is 15.3. The van der Waals surface area contributed by atoms with Gasteiger partial charge in [-0.15, -0.1) is 0 Å². The van der Waals surface area contributed by atoms with Crippen LogP contribution in [0.1, 0.15) is 110 Å². The van der Waals surface area contributed by atoms with Gasteiger partial charge in [0.2, 0.25) is 0 Å². The summed E-state index contributed by atoms with van der Waals surface area (Å²) < 4.78 is 0. The molecular weight excluding hydrogens is 268 g/mol. The second-order valence-electron chi connectivity index (χ2n) is 6.60. The molecule has 0 aromatic rings. The summed E-state index contributed by atoms with van der Waals surface area (Å²) in [5, 5.41) is 0. The van der Waals surface area contributed by atoms with Crippen molar-refractivity contribution >= 4 is 0 Å². The maximum absolute atomic E-state index is 5.24. The van der Waals surface area contributed by atoms with E-state index in [1.165, 1.54) is 103 Å². The molecule has 0 aromatic heterocycles. The third-order valence-corrected chi connectivity index (χ3v) is 4.33. The van der Waals surface area contributed by atoms with Gasteiger partial charge in [0.15, 0.2) is 0 Å². The lowest BCUT2D eigenvalue weighted by Gasteiger charge is -2.01. The van der Waals surface area contributed by atoms with Crippen LogP contribution >= 0.6 is 0 Å². The first kappa shape index (κ1) is 21.7. The fourth-order valence-electron chi connectivity index (χ4n) is 2.83. The highest BCUT2D eigenvalue weighted by molar-refractivity contribution is 4.81. The predicted molar refractivity (Wildman–Crippen MR) is 101 cm³/mol. The number of unbranched alkanes of at least 4 members (excludes halogenated alkanes) is 14. The first-order chi connectivity index (χ1) is 10.9. The minimum Gasteiger partial charge on any atom is -0.271 e. The molecule has 0 fully saturated rings. The van der Waals surface area contributed by atoms with E-state index >= 15 is 0 Å². The molecule has 0 saturated carbocycles. The van der Waals surface area contributed by atoms with Crippen molar-refractivity contribution in [2.75, 3.05) is 6.54 Å². The van der Waals surface area contributed by atoms with Gasteiger partial charge >= 0.3 is 0 Å². The van der Waals surface area contributed by atoms with E-state index in [0.29, 0.717) is 0 Å². The Hall–Kier alpha value is -0.340. The summed E-state index contributed by atoms with van der Waals surface area (Å²) in [7, 11) is 0. The summed E-state index contributed by atoms with van der Waals surface area (Å²) >= 11 is 0. The Labute approximate surface area is 140 Å². The fourth-order valence-corrected chi connectivity index (χ4v) is 2.83. The van der Waals surface area contributed by atoms with Crippen molar-refractivity contribution in [2.45, 2.75) is 110 Å². The largest absolute Gasteiger partial charge is 0.271 e. The molecule has 0 unspecified atom stereocenters. The molecule has 0 heterocycles. The molecular formula is C20H42N2. The topological polar surface area (TPSA) is 38.0 Å². The van der Waals surface area contributed by atoms with Crippen LogP contribution in [0.15, 0.2) is 12.2 Å². The molecule has 0 aliphatic carbocycles. The zero-order chi connectivity index (χ0) is 16.1. The van der Waals surface area contributed by atoms with Gasteiger partial charge in [0.25, 0.3) is 0 Å². The minimum absolute atomic E-state index is 0.960. The number of hydrogen-bond acceptors (Lipinski definition) is 2. The smallest absolute Gasteiger partial charge is 0.00974 e. The van der Waals surface area contributed by atoms with Crippen LogP contribution in [0.4, 0.5) is 0 Å². The Balaban J connectivity index is 3.03. The van der Waals surface area contributed by atoms with Gasteiger partial charge in [0.1, 0.15) is 0 Å². The summed E-state index contributed by atoms with van der Waals surface area (Å²) in [5.74, 6) is 5.24. The normalized spacial score (nSPS) is 11.5. The molecule has 22 heavy (non-hydrogen) atoms. The Bertz CT molecular complexity index is 192. The monoisotopic (exact) mass is 310 g/mol.